The average molecular weight is 505 g/mol. The molecule has 38 heavy (non-hydrogen) atoms. The van der Waals surface area contributed by atoms with Crippen molar-refractivity contribution < 1.29 is 0 Å². The van der Waals surface area contributed by atoms with Crippen molar-refractivity contribution in [2.75, 3.05) is 0 Å². The maximum atomic E-state index is 5.22. The fourth-order valence-corrected chi connectivity index (χ4v) is 5.55. The fourth-order valence-electron chi connectivity index (χ4n) is 5.55. The van der Waals surface area contributed by atoms with E-state index in [-0.39, 0.29) is 16.2 Å². The summed E-state index contributed by atoms with van der Waals surface area (Å²) in [4.78, 5) is 19.8. The Morgan fingerprint density at radius 2 is 0.921 bits per heavy atom. The Labute approximate surface area is 228 Å². The second kappa shape index (κ2) is 10.1. The predicted molar refractivity (Wildman–Crippen MR) is 156 cm³/mol. The molecule has 0 saturated heterocycles. The molecule has 0 bridgehead atoms. The van der Waals surface area contributed by atoms with Gasteiger partial charge in [0.25, 0.3) is 0 Å². The molecule has 1 fully saturated rings. The van der Waals surface area contributed by atoms with Gasteiger partial charge in [0, 0.05) is 23.5 Å². The molecule has 0 N–H and O–H groups in total. The van der Waals surface area contributed by atoms with Crippen LogP contribution in [-0.4, -0.2) is 19.9 Å². The highest BCUT2D eigenvalue weighted by atomic mass is 14.9. The van der Waals surface area contributed by atoms with Crippen LogP contribution in [0.4, 0.5) is 0 Å². The molecule has 0 spiro atoms. The van der Waals surface area contributed by atoms with E-state index >= 15 is 0 Å². The van der Waals surface area contributed by atoms with Crippen LogP contribution in [0.25, 0.3) is 22.5 Å². The van der Waals surface area contributed by atoms with Crippen LogP contribution in [0.1, 0.15) is 96.2 Å². The third-order valence-corrected chi connectivity index (χ3v) is 8.05. The number of rotatable bonds is 4. The second-order valence-corrected chi connectivity index (χ2v) is 12.9. The van der Waals surface area contributed by atoms with E-state index in [2.05, 4.69) is 100 Å². The van der Waals surface area contributed by atoms with Gasteiger partial charge in [-0.2, -0.15) is 0 Å². The van der Waals surface area contributed by atoms with Gasteiger partial charge in [0.1, 0.15) is 0 Å². The van der Waals surface area contributed by atoms with Crippen molar-refractivity contribution in [3.8, 4) is 22.5 Å². The first-order valence-corrected chi connectivity index (χ1v) is 13.9. The van der Waals surface area contributed by atoms with E-state index in [4.69, 9.17) is 9.97 Å². The highest BCUT2D eigenvalue weighted by Gasteiger charge is 2.39. The summed E-state index contributed by atoms with van der Waals surface area (Å²) in [7, 11) is 0. The maximum absolute atomic E-state index is 5.22. The van der Waals surface area contributed by atoms with Gasteiger partial charge in [-0.3, -0.25) is 9.97 Å². The summed E-state index contributed by atoms with van der Waals surface area (Å²) in [5, 5.41) is 0. The lowest BCUT2D eigenvalue weighted by atomic mass is 9.69. The number of hydrogen-bond acceptors (Lipinski definition) is 4. The summed E-state index contributed by atoms with van der Waals surface area (Å²) < 4.78 is 0. The quantitative estimate of drug-likeness (QED) is 0.280. The van der Waals surface area contributed by atoms with Crippen LogP contribution in [0.15, 0.2) is 73.3 Å². The van der Waals surface area contributed by atoms with E-state index in [9.17, 15) is 0 Å². The fraction of sp³-hybridized carbons (Fsp3) is 0.412. The molecule has 0 radical (unpaired) electrons. The van der Waals surface area contributed by atoms with Crippen molar-refractivity contribution in [3.05, 3.63) is 95.8 Å². The van der Waals surface area contributed by atoms with Gasteiger partial charge < -0.3 is 0 Å². The summed E-state index contributed by atoms with van der Waals surface area (Å²) >= 11 is 0. The Bertz CT molecular complexity index is 1280. The minimum Gasteiger partial charge on any atom is -0.261 e. The van der Waals surface area contributed by atoms with Crippen LogP contribution in [0, 0.1) is 0 Å². The molecule has 5 rings (SSSR count). The van der Waals surface area contributed by atoms with Gasteiger partial charge in [-0.25, -0.2) is 9.97 Å². The molecule has 4 aromatic rings. The topological polar surface area (TPSA) is 51.6 Å². The molecule has 0 aliphatic heterocycles. The lowest BCUT2D eigenvalue weighted by molar-refractivity contribution is 0.330. The first-order chi connectivity index (χ1) is 18.1. The summed E-state index contributed by atoms with van der Waals surface area (Å²) in [5.41, 5.74) is 8.62. The molecule has 4 heteroatoms. The summed E-state index contributed by atoms with van der Waals surface area (Å²) in [6.45, 7) is 13.4. The van der Waals surface area contributed by atoms with E-state index in [0.29, 0.717) is 0 Å². The standard InChI is InChI=1S/C34H40N4/c1-32(2,3)26-14-10-24(11-15-26)28-20-35-22-30(37-28)34(18-8-7-9-19-34)31-23-36-21-29(38-31)25-12-16-27(17-13-25)33(4,5)6/h10-17,20-23H,7-9,18-19H2,1-6H3. The van der Waals surface area contributed by atoms with Gasteiger partial charge >= 0.3 is 0 Å². The zero-order valence-electron chi connectivity index (χ0n) is 23.8. The zero-order chi connectivity index (χ0) is 27.0. The smallest absolute Gasteiger partial charge is 0.0888 e. The molecule has 196 valence electrons. The van der Waals surface area contributed by atoms with Gasteiger partial charge in [-0.15, -0.1) is 0 Å². The van der Waals surface area contributed by atoms with E-state index in [0.717, 1.165) is 59.6 Å². The maximum Gasteiger partial charge on any atom is 0.0888 e. The molecule has 2 aromatic heterocycles. The Kier molecular flexibility index (Phi) is 6.94. The van der Waals surface area contributed by atoms with Gasteiger partial charge in [0.15, 0.2) is 0 Å². The van der Waals surface area contributed by atoms with Crippen LogP contribution in [0.3, 0.4) is 0 Å². The molecular weight excluding hydrogens is 464 g/mol. The van der Waals surface area contributed by atoms with Gasteiger partial charge in [-0.1, -0.05) is 109 Å². The van der Waals surface area contributed by atoms with Crippen LogP contribution in [0.2, 0.25) is 0 Å². The Balaban J connectivity index is 1.53. The van der Waals surface area contributed by atoms with Gasteiger partial charge in [0.05, 0.1) is 40.6 Å². The van der Waals surface area contributed by atoms with E-state index < -0.39 is 0 Å². The summed E-state index contributed by atoms with van der Waals surface area (Å²) in [6, 6.07) is 17.5. The van der Waals surface area contributed by atoms with Crippen LogP contribution < -0.4 is 0 Å². The third kappa shape index (κ3) is 5.27. The molecule has 0 atom stereocenters. The van der Waals surface area contributed by atoms with Crippen molar-refractivity contribution in [1.82, 2.24) is 19.9 Å². The summed E-state index contributed by atoms with van der Waals surface area (Å²) in [5.74, 6) is 0. The normalized spacial score (nSPS) is 15.8. The minimum absolute atomic E-state index is 0.120. The Morgan fingerprint density at radius 1 is 0.526 bits per heavy atom. The summed E-state index contributed by atoms with van der Waals surface area (Å²) in [6.07, 6.45) is 13.2. The van der Waals surface area contributed by atoms with Crippen molar-refractivity contribution >= 4 is 0 Å². The van der Waals surface area contributed by atoms with Crippen molar-refractivity contribution in [2.45, 2.75) is 89.9 Å². The van der Waals surface area contributed by atoms with Gasteiger partial charge in [0.2, 0.25) is 0 Å². The molecule has 0 unspecified atom stereocenters. The molecule has 1 aliphatic carbocycles. The molecule has 4 nitrogen and oxygen atoms in total. The highest BCUT2D eigenvalue weighted by Crippen LogP contribution is 2.44. The monoisotopic (exact) mass is 504 g/mol. The van der Waals surface area contributed by atoms with Gasteiger partial charge in [-0.05, 0) is 34.8 Å². The highest BCUT2D eigenvalue weighted by molar-refractivity contribution is 5.61. The lowest BCUT2D eigenvalue weighted by Crippen LogP contribution is -2.33. The molecule has 2 heterocycles. The lowest BCUT2D eigenvalue weighted by Gasteiger charge is -2.36. The van der Waals surface area contributed by atoms with E-state index in [1.54, 1.807) is 0 Å². The SMILES string of the molecule is CC(C)(C)c1ccc(-c2cncc(C3(c4cncc(-c5ccc(C(C)(C)C)cc5)n4)CCCCC3)n2)cc1. The first kappa shape index (κ1) is 26.2. The number of aromatic nitrogens is 4. The molecule has 2 aromatic carbocycles. The minimum atomic E-state index is -0.277. The number of hydrogen-bond donors (Lipinski definition) is 0. The van der Waals surface area contributed by atoms with Crippen LogP contribution in [0.5, 0.6) is 0 Å². The Hall–Kier alpha value is -3.40. The Morgan fingerprint density at radius 3 is 1.29 bits per heavy atom. The average Bonchev–Trinajstić information content (AvgIpc) is 2.93. The van der Waals surface area contributed by atoms with Crippen molar-refractivity contribution in [2.24, 2.45) is 0 Å². The van der Waals surface area contributed by atoms with Crippen LogP contribution >= 0.6 is 0 Å². The largest absolute Gasteiger partial charge is 0.261 e. The predicted octanol–water partition coefficient (Wildman–Crippen LogP) is 8.45. The second-order valence-electron chi connectivity index (χ2n) is 12.9. The van der Waals surface area contributed by atoms with Crippen molar-refractivity contribution in [1.29, 1.82) is 0 Å². The third-order valence-electron chi connectivity index (χ3n) is 8.05. The van der Waals surface area contributed by atoms with Crippen LogP contribution in [-0.2, 0) is 16.2 Å². The molecule has 1 saturated carbocycles. The molecule has 1 aliphatic rings. The van der Waals surface area contributed by atoms with Crippen molar-refractivity contribution in [3.63, 3.8) is 0 Å². The van der Waals surface area contributed by atoms with E-state index in [1.807, 2.05) is 24.8 Å². The number of benzene rings is 2. The first-order valence-electron chi connectivity index (χ1n) is 13.9. The molecule has 0 amide bonds. The zero-order valence-corrected chi connectivity index (χ0v) is 23.8. The molecular formula is C34H40N4. The van der Waals surface area contributed by atoms with E-state index in [1.165, 1.54) is 17.5 Å². The number of nitrogens with zero attached hydrogens (tertiary/aromatic N) is 4.